The molecule has 20 heavy (non-hydrogen) atoms. The molecule has 1 unspecified atom stereocenters. The van der Waals surface area contributed by atoms with E-state index in [1.165, 1.54) is 19.3 Å². The Morgan fingerprint density at radius 3 is 2.65 bits per heavy atom. The molecule has 2 rings (SSSR count). The van der Waals surface area contributed by atoms with Crippen LogP contribution in [-0.2, 0) is 11.2 Å². The predicted molar refractivity (Wildman–Crippen MR) is 82.6 cm³/mol. The first kappa shape index (κ1) is 15.0. The van der Waals surface area contributed by atoms with Crippen LogP contribution in [0.25, 0.3) is 0 Å². The highest BCUT2D eigenvalue weighted by atomic mass is 16.2. The van der Waals surface area contributed by atoms with Gasteiger partial charge in [-0.1, -0.05) is 36.8 Å². The Balaban J connectivity index is 1.95. The van der Waals surface area contributed by atoms with Crippen molar-refractivity contribution in [2.24, 2.45) is 0 Å². The summed E-state index contributed by atoms with van der Waals surface area (Å²) in [7, 11) is 0. The molecule has 3 heteroatoms. The molecule has 1 aromatic carbocycles. The lowest BCUT2D eigenvalue weighted by molar-refractivity contribution is -0.132. The van der Waals surface area contributed by atoms with Gasteiger partial charge in [-0.15, -0.1) is 0 Å². The highest BCUT2D eigenvalue weighted by Crippen LogP contribution is 2.12. The molecule has 0 spiro atoms. The molecule has 1 aromatic rings. The summed E-state index contributed by atoms with van der Waals surface area (Å²) in [6.07, 6.45) is 4.22. The Kier molecular flexibility index (Phi) is 5.60. The van der Waals surface area contributed by atoms with Gasteiger partial charge in [0.05, 0.1) is 6.42 Å². The van der Waals surface area contributed by atoms with Gasteiger partial charge in [0.1, 0.15) is 0 Å². The van der Waals surface area contributed by atoms with E-state index < -0.39 is 0 Å². The molecule has 1 saturated heterocycles. The van der Waals surface area contributed by atoms with Crippen molar-refractivity contribution in [1.82, 2.24) is 10.2 Å². The van der Waals surface area contributed by atoms with E-state index in [-0.39, 0.29) is 11.9 Å². The maximum absolute atomic E-state index is 12.5. The summed E-state index contributed by atoms with van der Waals surface area (Å²) in [4.78, 5) is 14.5. The Morgan fingerprint density at radius 1 is 1.30 bits per heavy atom. The number of rotatable bonds is 5. The molecule has 1 heterocycles. The van der Waals surface area contributed by atoms with Gasteiger partial charge >= 0.3 is 0 Å². The van der Waals surface area contributed by atoms with Crippen molar-refractivity contribution in [3.05, 3.63) is 35.9 Å². The minimum Gasteiger partial charge on any atom is -0.338 e. The van der Waals surface area contributed by atoms with Crippen LogP contribution in [0.1, 0.15) is 38.7 Å². The van der Waals surface area contributed by atoms with Gasteiger partial charge in [-0.2, -0.15) is 0 Å². The normalized spacial score (nSPS) is 19.1. The highest BCUT2D eigenvalue weighted by Gasteiger charge is 2.22. The minimum absolute atomic E-state index is 0.235. The number of nitrogens with one attached hydrogen (secondary N) is 1. The fraction of sp³-hybridized carbons (Fsp3) is 0.588. The van der Waals surface area contributed by atoms with Gasteiger partial charge in [0.2, 0.25) is 5.91 Å². The Morgan fingerprint density at radius 2 is 2.05 bits per heavy atom. The molecule has 1 atom stereocenters. The van der Waals surface area contributed by atoms with Gasteiger partial charge in [0.15, 0.2) is 0 Å². The second-order valence-electron chi connectivity index (χ2n) is 5.95. The Labute approximate surface area is 122 Å². The van der Waals surface area contributed by atoms with Crippen LogP contribution in [0, 0.1) is 0 Å². The molecule has 0 bridgehead atoms. The molecular formula is C17H26N2O. The first-order valence-corrected chi connectivity index (χ1v) is 7.73. The zero-order valence-corrected chi connectivity index (χ0v) is 12.6. The monoisotopic (exact) mass is 274 g/mol. The lowest BCUT2D eigenvalue weighted by Gasteiger charge is -2.33. The molecule has 0 aliphatic carbocycles. The number of hydrogen-bond acceptors (Lipinski definition) is 2. The number of amides is 1. The zero-order chi connectivity index (χ0) is 14.4. The summed E-state index contributed by atoms with van der Waals surface area (Å²) >= 11 is 0. The zero-order valence-electron chi connectivity index (χ0n) is 12.6. The van der Waals surface area contributed by atoms with E-state index in [9.17, 15) is 4.79 Å². The van der Waals surface area contributed by atoms with Gasteiger partial charge < -0.3 is 10.2 Å². The lowest BCUT2D eigenvalue weighted by atomic mass is 10.0. The van der Waals surface area contributed by atoms with Crippen molar-refractivity contribution in [2.75, 3.05) is 13.1 Å². The van der Waals surface area contributed by atoms with Crippen LogP contribution in [0.15, 0.2) is 30.3 Å². The fourth-order valence-electron chi connectivity index (χ4n) is 2.79. The van der Waals surface area contributed by atoms with Gasteiger partial charge in [0.25, 0.3) is 0 Å². The van der Waals surface area contributed by atoms with Crippen LogP contribution in [0.2, 0.25) is 0 Å². The second-order valence-corrected chi connectivity index (χ2v) is 5.95. The maximum Gasteiger partial charge on any atom is 0.227 e. The average Bonchev–Trinajstić information content (AvgIpc) is 2.46. The molecule has 3 nitrogen and oxygen atoms in total. The van der Waals surface area contributed by atoms with Crippen LogP contribution in [0.3, 0.4) is 0 Å². The summed E-state index contributed by atoms with van der Waals surface area (Å²) < 4.78 is 0. The topological polar surface area (TPSA) is 32.3 Å². The van der Waals surface area contributed by atoms with Gasteiger partial charge in [-0.3, -0.25) is 4.79 Å². The number of piperidine rings is 1. The van der Waals surface area contributed by atoms with Crippen molar-refractivity contribution in [1.29, 1.82) is 0 Å². The first-order chi connectivity index (χ1) is 9.66. The number of benzene rings is 1. The standard InChI is InChI=1S/C17H26N2O/c1-14(2)19(13-16-10-6-7-11-18-16)17(20)12-15-8-4-3-5-9-15/h3-5,8-9,14,16,18H,6-7,10-13H2,1-2H3. The van der Waals surface area contributed by atoms with Crippen LogP contribution in [0.5, 0.6) is 0 Å². The van der Waals surface area contributed by atoms with Crippen molar-refractivity contribution in [3.63, 3.8) is 0 Å². The van der Waals surface area contributed by atoms with E-state index in [1.54, 1.807) is 0 Å². The fourth-order valence-corrected chi connectivity index (χ4v) is 2.79. The van der Waals surface area contributed by atoms with E-state index in [2.05, 4.69) is 19.2 Å². The van der Waals surface area contributed by atoms with Crippen LogP contribution < -0.4 is 5.32 Å². The van der Waals surface area contributed by atoms with Crippen molar-refractivity contribution >= 4 is 5.91 Å². The lowest BCUT2D eigenvalue weighted by Crippen LogP contribution is -2.48. The number of hydrogen-bond donors (Lipinski definition) is 1. The van der Waals surface area contributed by atoms with Crippen molar-refractivity contribution < 1.29 is 4.79 Å². The first-order valence-electron chi connectivity index (χ1n) is 7.73. The smallest absolute Gasteiger partial charge is 0.227 e. The third-order valence-electron chi connectivity index (χ3n) is 3.97. The van der Waals surface area contributed by atoms with Gasteiger partial charge in [-0.25, -0.2) is 0 Å². The predicted octanol–water partition coefficient (Wildman–Crippen LogP) is 2.61. The third kappa shape index (κ3) is 4.34. The van der Waals surface area contributed by atoms with E-state index >= 15 is 0 Å². The maximum atomic E-state index is 12.5. The van der Waals surface area contributed by atoms with Crippen molar-refractivity contribution in [2.45, 2.75) is 51.6 Å². The molecule has 1 N–H and O–H groups in total. The summed E-state index contributed by atoms with van der Waals surface area (Å²) in [5, 5.41) is 3.53. The minimum atomic E-state index is 0.235. The number of carbonyl (C=O) groups excluding carboxylic acids is 1. The largest absolute Gasteiger partial charge is 0.338 e. The van der Waals surface area contributed by atoms with Crippen LogP contribution in [-0.4, -0.2) is 36.0 Å². The van der Waals surface area contributed by atoms with Crippen LogP contribution in [0.4, 0.5) is 0 Å². The second kappa shape index (κ2) is 7.44. The van der Waals surface area contributed by atoms with E-state index in [0.29, 0.717) is 12.5 Å². The summed E-state index contributed by atoms with van der Waals surface area (Å²) in [5.74, 6) is 0.235. The molecule has 110 valence electrons. The molecule has 0 radical (unpaired) electrons. The van der Waals surface area contributed by atoms with Crippen LogP contribution >= 0.6 is 0 Å². The number of carbonyl (C=O) groups is 1. The molecule has 1 aliphatic heterocycles. The molecular weight excluding hydrogens is 248 g/mol. The molecule has 0 aromatic heterocycles. The SMILES string of the molecule is CC(C)N(CC1CCCCN1)C(=O)Cc1ccccc1. The Hall–Kier alpha value is -1.35. The molecule has 1 aliphatic rings. The van der Waals surface area contributed by atoms with Gasteiger partial charge in [0, 0.05) is 18.6 Å². The third-order valence-corrected chi connectivity index (χ3v) is 3.97. The summed E-state index contributed by atoms with van der Waals surface area (Å²) in [6.45, 7) is 6.13. The van der Waals surface area contributed by atoms with E-state index in [0.717, 1.165) is 18.7 Å². The van der Waals surface area contributed by atoms with Crippen molar-refractivity contribution in [3.8, 4) is 0 Å². The number of nitrogens with zero attached hydrogens (tertiary/aromatic N) is 1. The molecule has 1 amide bonds. The van der Waals surface area contributed by atoms with E-state index in [1.807, 2.05) is 35.2 Å². The summed E-state index contributed by atoms with van der Waals surface area (Å²) in [5.41, 5.74) is 1.10. The van der Waals surface area contributed by atoms with E-state index in [4.69, 9.17) is 0 Å². The molecule has 0 saturated carbocycles. The molecule has 1 fully saturated rings. The Bertz CT molecular complexity index is 410. The van der Waals surface area contributed by atoms with Gasteiger partial charge in [-0.05, 0) is 38.8 Å². The summed E-state index contributed by atoms with van der Waals surface area (Å²) in [6, 6.07) is 10.7. The highest BCUT2D eigenvalue weighted by molar-refractivity contribution is 5.79. The quantitative estimate of drug-likeness (QED) is 0.895. The average molecular weight is 274 g/mol.